The Morgan fingerprint density at radius 3 is 2.52 bits per heavy atom. The Morgan fingerprint density at radius 2 is 1.90 bits per heavy atom. The van der Waals surface area contributed by atoms with Crippen LogP contribution >= 0.6 is 0 Å². The van der Waals surface area contributed by atoms with Crippen LogP contribution in [0.15, 0.2) is 12.1 Å². The molecule has 1 N–H and O–H groups in total. The highest BCUT2D eigenvalue weighted by atomic mass is 15.2. The second-order valence-electron chi connectivity index (χ2n) is 7.20. The van der Waals surface area contributed by atoms with Crippen LogP contribution in [0, 0.1) is 18.8 Å². The van der Waals surface area contributed by atoms with Crippen LogP contribution in [0.2, 0.25) is 0 Å². The molecule has 116 valence electrons. The smallest absolute Gasteiger partial charge is 0.129 e. The molecule has 3 rings (SSSR count). The van der Waals surface area contributed by atoms with Crippen LogP contribution in [0.5, 0.6) is 0 Å². The maximum absolute atomic E-state index is 4.77. The van der Waals surface area contributed by atoms with Crippen molar-refractivity contribution < 1.29 is 0 Å². The summed E-state index contributed by atoms with van der Waals surface area (Å²) in [5, 5.41) is 3.61. The van der Waals surface area contributed by atoms with Crippen molar-refractivity contribution in [2.45, 2.75) is 59.0 Å². The van der Waals surface area contributed by atoms with E-state index in [1.54, 1.807) is 0 Å². The molecule has 0 atom stereocenters. The van der Waals surface area contributed by atoms with E-state index in [-0.39, 0.29) is 0 Å². The molecule has 0 bridgehead atoms. The molecule has 1 aromatic rings. The van der Waals surface area contributed by atoms with Crippen LogP contribution in [0.1, 0.15) is 50.8 Å². The highest BCUT2D eigenvalue weighted by molar-refractivity contribution is 5.43. The first-order valence-electron chi connectivity index (χ1n) is 8.57. The lowest BCUT2D eigenvalue weighted by atomic mass is 9.87. The van der Waals surface area contributed by atoms with Crippen molar-refractivity contribution in [1.82, 2.24) is 10.3 Å². The Morgan fingerprint density at radius 1 is 1.19 bits per heavy atom. The quantitative estimate of drug-likeness (QED) is 0.898. The predicted molar refractivity (Wildman–Crippen MR) is 88.6 cm³/mol. The second kappa shape index (κ2) is 6.35. The van der Waals surface area contributed by atoms with Gasteiger partial charge in [-0.1, -0.05) is 13.8 Å². The molecule has 0 amide bonds. The molecule has 3 heteroatoms. The van der Waals surface area contributed by atoms with Crippen LogP contribution in [0.4, 0.5) is 5.82 Å². The van der Waals surface area contributed by atoms with Gasteiger partial charge in [-0.2, -0.15) is 0 Å². The lowest BCUT2D eigenvalue weighted by Crippen LogP contribution is -2.36. The molecule has 1 saturated carbocycles. The Kier molecular flexibility index (Phi) is 4.48. The predicted octanol–water partition coefficient (Wildman–Crippen LogP) is 3.51. The van der Waals surface area contributed by atoms with E-state index >= 15 is 0 Å². The minimum absolute atomic E-state index is 0.767. The normalized spacial score (nSPS) is 20.3. The Balaban J connectivity index is 1.64. The minimum Gasteiger partial charge on any atom is -0.357 e. The molecule has 2 aliphatic rings. The van der Waals surface area contributed by atoms with Gasteiger partial charge in [-0.3, -0.25) is 0 Å². The van der Waals surface area contributed by atoms with Gasteiger partial charge in [0.05, 0.1) is 0 Å². The Bertz CT molecular complexity index is 471. The zero-order valence-electron chi connectivity index (χ0n) is 13.7. The van der Waals surface area contributed by atoms with Gasteiger partial charge in [-0.25, -0.2) is 4.98 Å². The van der Waals surface area contributed by atoms with Crippen molar-refractivity contribution in [3.05, 3.63) is 23.4 Å². The lowest BCUT2D eigenvalue weighted by Gasteiger charge is -2.35. The summed E-state index contributed by atoms with van der Waals surface area (Å²) >= 11 is 0. The SMILES string of the molecule is Cc1cc(CNC2CC2)cc(N2CCC(C(C)C)CC2)n1. The number of aryl methyl sites for hydroxylation is 1. The summed E-state index contributed by atoms with van der Waals surface area (Å²) in [5.41, 5.74) is 2.53. The van der Waals surface area contributed by atoms with Gasteiger partial charge < -0.3 is 10.2 Å². The number of anilines is 1. The van der Waals surface area contributed by atoms with E-state index in [2.05, 4.69) is 43.1 Å². The molecule has 0 aromatic carbocycles. The van der Waals surface area contributed by atoms with Gasteiger partial charge in [0.2, 0.25) is 0 Å². The Labute approximate surface area is 129 Å². The molecule has 2 fully saturated rings. The fourth-order valence-electron chi connectivity index (χ4n) is 3.33. The van der Waals surface area contributed by atoms with Crippen LogP contribution in [0.25, 0.3) is 0 Å². The van der Waals surface area contributed by atoms with E-state index in [9.17, 15) is 0 Å². The van der Waals surface area contributed by atoms with Crippen molar-refractivity contribution in [2.75, 3.05) is 18.0 Å². The van der Waals surface area contributed by atoms with Gasteiger partial charge in [0.25, 0.3) is 0 Å². The molecule has 1 aliphatic heterocycles. The third kappa shape index (κ3) is 3.97. The average Bonchev–Trinajstić information content (AvgIpc) is 3.29. The van der Waals surface area contributed by atoms with Crippen molar-refractivity contribution in [1.29, 1.82) is 0 Å². The van der Waals surface area contributed by atoms with Crippen molar-refractivity contribution in [3.63, 3.8) is 0 Å². The summed E-state index contributed by atoms with van der Waals surface area (Å²) in [6, 6.07) is 5.28. The molecule has 0 radical (unpaired) electrons. The molecular formula is C18H29N3. The van der Waals surface area contributed by atoms with Crippen molar-refractivity contribution >= 4 is 5.82 Å². The van der Waals surface area contributed by atoms with Crippen LogP contribution in [-0.4, -0.2) is 24.1 Å². The molecule has 1 aliphatic carbocycles. The standard InChI is InChI=1S/C18H29N3/c1-13(2)16-6-8-21(9-7-16)18-11-15(10-14(3)20-18)12-19-17-4-5-17/h10-11,13,16-17,19H,4-9,12H2,1-3H3. The number of pyridine rings is 1. The maximum Gasteiger partial charge on any atom is 0.129 e. The first kappa shape index (κ1) is 14.8. The molecule has 0 unspecified atom stereocenters. The minimum atomic E-state index is 0.767. The van der Waals surface area contributed by atoms with Gasteiger partial charge in [-0.05, 0) is 62.1 Å². The monoisotopic (exact) mass is 287 g/mol. The first-order chi connectivity index (χ1) is 10.1. The summed E-state index contributed by atoms with van der Waals surface area (Å²) in [6.45, 7) is 10.1. The van der Waals surface area contributed by atoms with E-state index in [4.69, 9.17) is 4.98 Å². The van der Waals surface area contributed by atoms with Crippen molar-refractivity contribution in [2.24, 2.45) is 11.8 Å². The molecular weight excluding hydrogens is 258 g/mol. The van der Waals surface area contributed by atoms with Gasteiger partial charge in [0.15, 0.2) is 0 Å². The number of nitrogens with one attached hydrogen (secondary N) is 1. The molecule has 0 spiro atoms. The lowest BCUT2D eigenvalue weighted by molar-refractivity contribution is 0.310. The summed E-state index contributed by atoms with van der Waals surface area (Å²) < 4.78 is 0. The second-order valence-corrected chi connectivity index (χ2v) is 7.20. The summed E-state index contributed by atoms with van der Waals surface area (Å²) in [5.74, 6) is 2.89. The molecule has 1 aromatic heterocycles. The number of hydrogen-bond donors (Lipinski definition) is 1. The zero-order valence-corrected chi connectivity index (χ0v) is 13.7. The van der Waals surface area contributed by atoms with Gasteiger partial charge in [0, 0.05) is 31.4 Å². The third-order valence-electron chi connectivity index (χ3n) is 4.98. The molecule has 21 heavy (non-hydrogen) atoms. The van der Waals surface area contributed by atoms with E-state index in [0.717, 1.165) is 43.2 Å². The summed E-state index contributed by atoms with van der Waals surface area (Å²) in [7, 11) is 0. The van der Waals surface area contributed by atoms with E-state index in [1.165, 1.54) is 37.1 Å². The topological polar surface area (TPSA) is 28.2 Å². The zero-order chi connectivity index (χ0) is 14.8. The number of nitrogens with zero attached hydrogens (tertiary/aromatic N) is 2. The van der Waals surface area contributed by atoms with Crippen LogP contribution < -0.4 is 10.2 Å². The van der Waals surface area contributed by atoms with Crippen LogP contribution in [-0.2, 0) is 6.54 Å². The molecule has 3 nitrogen and oxygen atoms in total. The fraction of sp³-hybridized carbons (Fsp3) is 0.722. The molecule has 1 saturated heterocycles. The highest BCUT2D eigenvalue weighted by Gasteiger charge is 2.23. The molecule has 2 heterocycles. The van der Waals surface area contributed by atoms with Gasteiger partial charge >= 0.3 is 0 Å². The maximum atomic E-state index is 4.77. The van der Waals surface area contributed by atoms with Gasteiger partial charge in [0.1, 0.15) is 5.82 Å². The first-order valence-corrected chi connectivity index (χ1v) is 8.57. The highest BCUT2D eigenvalue weighted by Crippen LogP contribution is 2.27. The van der Waals surface area contributed by atoms with E-state index in [1.807, 2.05) is 0 Å². The summed E-state index contributed by atoms with van der Waals surface area (Å²) in [4.78, 5) is 7.25. The van der Waals surface area contributed by atoms with Crippen molar-refractivity contribution in [3.8, 4) is 0 Å². The van der Waals surface area contributed by atoms with E-state index < -0.39 is 0 Å². The number of piperidine rings is 1. The number of hydrogen-bond acceptors (Lipinski definition) is 3. The summed E-state index contributed by atoms with van der Waals surface area (Å²) in [6.07, 6.45) is 5.31. The number of aromatic nitrogens is 1. The number of rotatable bonds is 5. The van der Waals surface area contributed by atoms with Crippen LogP contribution in [0.3, 0.4) is 0 Å². The fourth-order valence-corrected chi connectivity index (χ4v) is 3.33. The third-order valence-corrected chi connectivity index (χ3v) is 4.98. The Hall–Kier alpha value is -1.09. The van der Waals surface area contributed by atoms with E-state index in [0.29, 0.717) is 0 Å². The largest absolute Gasteiger partial charge is 0.357 e. The average molecular weight is 287 g/mol. The van der Waals surface area contributed by atoms with Gasteiger partial charge in [-0.15, -0.1) is 0 Å².